The van der Waals surface area contributed by atoms with Crippen LogP contribution in [0.5, 0.6) is 5.75 Å². The number of fused-ring (bicyclic) bond motifs is 1. The van der Waals surface area contributed by atoms with Crippen molar-refractivity contribution in [3.05, 3.63) is 58.5 Å². The molecule has 2 N–H and O–H groups in total. The molecule has 0 saturated heterocycles. The van der Waals surface area contributed by atoms with Crippen molar-refractivity contribution in [2.75, 3.05) is 12.4 Å². The van der Waals surface area contributed by atoms with E-state index in [1.165, 1.54) is 25.7 Å². The summed E-state index contributed by atoms with van der Waals surface area (Å²) in [6.07, 6.45) is 2.80. The molecule has 0 bridgehead atoms. The zero-order valence-corrected chi connectivity index (χ0v) is 11.8. The molecule has 6 nitrogen and oxygen atoms in total. The molecule has 0 unspecified atom stereocenters. The summed E-state index contributed by atoms with van der Waals surface area (Å²) in [4.78, 5) is 22.3. The van der Waals surface area contributed by atoms with Crippen molar-refractivity contribution < 1.29 is 9.13 Å². The fraction of sp³-hybridized carbons (Fsp3) is 0.133. The first-order chi connectivity index (χ1) is 10.7. The van der Waals surface area contributed by atoms with Gasteiger partial charge in [-0.3, -0.25) is 4.79 Å². The highest BCUT2D eigenvalue weighted by Gasteiger charge is 2.05. The van der Waals surface area contributed by atoms with Gasteiger partial charge in [0.2, 0.25) is 0 Å². The molecule has 0 aliphatic rings. The molecular weight excluding hydrogens is 287 g/mol. The van der Waals surface area contributed by atoms with E-state index < -0.39 is 5.82 Å². The summed E-state index contributed by atoms with van der Waals surface area (Å²) in [7, 11) is 1.42. The smallest absolute Gasteiger partial charge is 0.260 e. The van der Waals surface area contributed by atoms with E-state index in [-0.39, 0.29) is 11.3 Å². The average Bonchev–Trinajstić information content (AvgIpc) is 2.53. The quantitative estimate of drug-likeness (QED) is 0.771. The first-order valence-corrected chi connectivity index (χ1v) is 6.57. The third-order valence-electron chi connectivity index (χ3n) is 3.22. The van der Waals surface area contributed by atoms with Crippen molar-refractivity contribution in [3.63, 3.8) is 0 Å². The molecule has 2 aromatic heterocycles. The Hall–Kier alpha value is -2.96. The Balaban J connectivity index is 1.79. The summed E-state index contributed by atoms with van der Waals surface area (Å²) in [5.41, 5.74) is 1.06. The molecule has 1 aromatic carbocycles. The molecule has 0 saturated carbocycles. The van der Waals surface area contributed by atoms with Crippen molar-refractivity contribution in [1.29, 1.82) is 0 Å². The minimum Gasteiger partial charge on any atom is -0.494 e. The number of nitrogens with zero attached hydrogens (tertiary/aromatic N) is 2. The van der Waals surface area contributed by atoms with Crippen LogP contribution in [0.4, 0.5) is 10.2 Å². The number of aromatic nitrogens is 3. The van der Waals surface area contributed by atoms with Crippen LogP contribution in [0.2, 0.25) is 0 Å². The van der Waals surface area contributed by atoms with Gasteiger partial charge in [0.1, 0.15) is 5.82 Å². The summed E-state index contributed by atoms with van der Waals surface area (Å²) < 4.78 is 18.5. The third kappa shape index (κ3) is 2.73. The Morgan fingerprint density at radius 2 is 2.18 bits per heavy atom. The van der Waals surface area contributed by atoms with Gasteiger partial charge in [-0.05, 0) is 17.7 Å². The summed E-state index contributed by atoms with van der Waals surface area (Å²) in [5, 5.41) is 3.49. The Bertz CT molecular complexity index is 879. The van der Waals surface area contributed by atoms with Crippen LogP contribution < -0.4 is 15.6 Å². The van der Waals surface area contributed by atoms with E-state index >= 15 is 0 Å². The number of hydrogen-bond acceptors (Lipinski definition) is 5. The first-order valence-electron chi connectivity index (χ1n) is 6.57. The Labute approximate surface area is 125 Å². The van der Waals surface area contributed by atoms with E-state index in [0.717, 1.165) is 5.56 Å². The van der Waals surface area contributed by atoms with E-state index in [4.69, 9.17) is 4.74 Å². The topological polar surface area (TPSA) is 79.9 Å². The average molecular weight is 300 g/mol. The first kappa shape index (κ1) is 14.0. The van der Waals surface area contributed by atoms with Crippen LogP contribution in [-0.4, -0.2) is 22.1 Å². The van der Waals surface area contributed by atoms with Crippen LogP contribution in [0, 0.1) is 5.82 Å². The van der Waals surface area contributed by atoms with Gasteiger partial charge in [0, 0.05) is 18.8 Å². The predicted octanol–water partition coefficient (Wildman–Crippen LogP) is 2.08. The molecule has 22 heavy (non-hydrogen) atoms. The third-order valence-corrected chi connectivity index (χ3v) is 3.22. The number of aromatic amines is 1. The fourth-order valence-corrected chi connectivity index (χ4v) is 2.07. The molecule has 0 spiro atoms. The number of methoxy groups -OCH3 is 1. The number of nitrogens with one attached hydrogen (secondary N) is 2. The maximum atomic E-state index is 13.6. The van der Waals surface area contributed by atoms with Crippen LogP contribution in [0.3, 0.4) is 0 Å². The lowest BCUT2D eigenvalue weighted by Crippen LogP contribution is -2.08. The Kier molecular flexibility index (Phi) is 3.69. The number of hydrogen-bond donors (Lipinski definition) is 2. The number of ether oxygens (including phenoxy) is 1. The summed E-state index contributed by atoms with van der Waals surface area (Å²) >= 11 is 0. The van der Waals surface area contributed by atoms with E-state index in [0.29, 0.717) is 23.3 Å². The molecule has 0 aliphatic carbocycles. The Morgan fingerprint density at radius 3 is 2.95 bits per heavy atom. The number of benzene rings is 1. The van der Waals surface area contributed by atoms with Crippen molar-refractivity contribution in [1.82, 2.24) is 15.0 Å². The van der Waals surface area contributed by atoms with Crippen LogP contribution in [0.25, 0.3) is 10.9 Å². The zero-order chi connectivity index (χ0) is 15.5. The highest BCUT2D eigenvalue weighted by Crippen LogP contribution is 2.18. The number of anilines is 1. The maximum absolute atomic E-state index is 13.6. The molecular formula is C15H13FN4O2. The van der Waals surface area contributed by atoms with Crippen molar-refractivity contribution in [3.8, 4) is 5.75 Å². The standard InChI is InChI=1S/C15H13FN4O2/c1-22-13-3-2-9(4-11(13)16)6-17-14-5-12-10(7-18-14)15(21)20-8-19-12/h2-5,7-8H,6H2,1H3,(H,17,18)(H,19,20,21). The fourth-order valence-electron chi connectivity index (χ4n) is 2.07. The number of pyridine rings is 1. The lowest BCUT2D eigenvalue weighted by atomic mass is 10.2. The minimum absolute atomic E-state index is 0.205. The van der Waals surface area contributed by atoms with E-state index in [2.05, 4.69) is 20.3 Å². The predicted molar refractivity (Wildman–Crippen MR) is 80.4 cm³/mol. The molecule has 2 heterocycles. The molecule has 0 fully saturated rings. The molecule has 0 amide bonds. The number of rotatable bonds is 4. The molecule has 3 rings (SSSR count). The lowest BCUT2D eigenvalue weighted by Gasteiger charge is -2.08. The van der Waals surface area contributed by atoms with Crippen LogP contribution in [0.1, 0.15) is 5.56 Å². The van der Waals surface area contributed by atoms with Gasteiger partial charge in [-0.15, -0.1) is 0 Å². The second-order valence-corrected chi connectivity index (χ2v) is 4.64. The van der Waals surface area contributed by atoms with Crippen LogP contribution in [-0.2, 0) is 6.54 Å². The second-order valence-electron chi connectivity index (χ2n) is 4.64. The molecule has 0 aliphatic heterocycles. The summed E-state index contributed by atoms with van der Waals surface area (Å²) in [6.45, 7) is 0.391. The molecule has 7 heteroatoms. The van der Waals surface area contributed by atoms with Gasteiger partial charge >= 0.3 is 0 Å². The number of H-pyrrole nitrogens is 1. The van der Waals surface area contributed by atoms with Gasteiger partial charge in [0.15, 0.2) is 11.6 Å². The van der Waals surface area contributed by atoms with Crippen molar-refractivity contribution >= 4 is 16.7 Å². The highest BCUT2D eigenvalue weighted by molar-refractivity contribution is 5.78. The lowest BCUT2D eigenvalue weighted by molar-refractivity contribution is 0.386. The number of halogens is 1. The van der Waals surface area contributed by atoms with Crippen molar-refractivity contribution in [2.45, 2.75) is 6.54 Å². The van der Waals surface area contributed by atoms with Gasteiger partial charge in [0.25, 0.3) is 5.56 Å². The minimum atomic E-state index is -0.415. The van der Waals surface area contributed by atoms with Gasteiger partial charge in [-0.25, -0.2) is 14.4 Å². The molecule has 0 atom stereocenters. The van der Waals surface area contributed by atoms with E-state index in [1.54, 1.807) is 18.2 Å². The zero-order valence-electron chi connectivity index (χ0n) is 11.8. The van der Waals surface area contributed by atoms with Gasteiger partial charge in [0.05, 0.1) is 24.3 Å². The van der Waals surface area contributed by atoms with Crippen LogP contribution in [0.15, 0.2) is 41.6 Å². The summed E-state index contributed by atoms with van der Waals surface area (Å²) in [6, 6.07) is 6.40. The summed E-state index contributed by atoms with van der Waals surface area (Å²) in [5.74, 6) is 0.347. The van der Waals surface area contributed by atoms with Gasteiger partial charge in [-0.1, -0.05) is 6.07 Å². The highest BCUT2D eigenvalue weighted by atomic mass is 19.1. The maximum Gasteiger partial charge on any atom is 0.260 e. The van der Waals surface area contributed by atoms with E-state index in [9.17, 15) is 9.18 Å². The largest absolute Gasteiger partial charge is 0.494 e. The SMILES string of the molecule is COc1ccc(CNc2cc3nc[nH]c(=O)c3cn2)cc1F. The van der Waals surface area contributed by atoms with Gasteiger partial charge < -0.3 is 15.0 Å². The monoisotopic (exact) mass is 300 g/mol. The second kappa shape index (κ2) is 5.80. The van der Waals surface area contributed by atoms with Gasteiger partial charge in [-0.2, -0.15) is 0 Å². The molecule has 3 aromatic rings. The molecule has 112 valence electrons. The van der Waals surface area contributed by atoms with E-state index in [1.807, 2.05) is 0 Å². The molecule has 0 radical (unpaired) electrons. The van der Waals surface area contributed by atoms with Crippen LogP contribution >= 0.6 is 0 Å². The normalized spacial score (nSPS) is 10.6. The Morgan fingerprint density at radius 1 is 1.32 bits per heavy atom. The van der Waals surface area contributed by atoms with Crippen molar-refractivity contribution in [2.24, 2.45) is 0 Å².